The number of hydrogen-bond acceptors (Lipinski definition) is 6. The largest absolute Gasteiger partial charge is 0.462 e. The number of esters is 1. The topological polar surface area (TPSA) is 87.2 Å². The van der Waals surface area contributed by atoms with Gasteiger partial charge in [-0.25, -0.2) is 14.5 Å². The normalized spacial score (nSPS) is 10.8. The smallest absolute Gasteiger partial charge is 0.341 e. The highest BCUT2D eigenvalue weighted by Gasteiger charge is 2.13. The molecule has 0 saturated carbocycles. The minimum Gasteiger partial charge on any atom is -0.462 e. The molecule has 3 heterocycles. The van der Waals surface area contributed by atoms with E-state index in [1.54, 1.807) is 36.2 Å². The summed E-state index contributed by atoms with van der Waals surface area (Å²) in [6.45, 7) is 2.07. The van der Waals surface area contributed by atoms with E-state index in [1.807, 2.05) is 0 Å². The molecule has 8 nitrogen and oxygen atoms in total. The van der Waals surface area contributed by atoms with Crippen molar-refractivity contribution < 1.29 is 9.53 Å². The third-order valence-corrected chi connectivity index (χ3v) is 2.51. The number of nitrogens with zero attached hydrogens (tertiary/aromatic N) is 6. The zero-order valence-electron chi connectivity index (χ0n) is 10.1. The van der Waals surface area contributed by atoms with Crippen LogP contribution in [-0.2, 0) is 4.74 Å². The highest BCUT2D eigenvalue weighted by Crippen LogP contribution is 2.11. The molecule has 96 valence electrons. The van der Waals surface area contributed by atoms with E-state index in [1.165, 1.54) is 10.9 Å². The third kappa shape index (κ3) is 1.92. The van der Waals surface area contributed by atoms with Crippen molar-refractivity contribution in [2.24, 2.45) is 0 Å². The Bertz CT molecular complexity index is 731. The van der Waals surface area contributed by atoms with Crippen molar-refractivity contribution in [3.05, 3.63) is 36.7 Å². The van der Waals surface area contributed by atoms with Gasteiger partial charge < -0.3 is 4.74 Å². The zero-order valence-corrected chi connectivity index (χ0v) is 10.1. The first-order chi connectivity index (χ1) is 9.29. The van der Waals surface area contributed by atoms with Crippen LogP contribution in [-0.4, -0.2) is 41.9 Å². The second-order valence-corrected chi connectivity index (χ2v) is 3.71. The van der Waals surface area contributed by atoms with Gasteiger partial charge in [0.2, 0.25) is 5.65 Å². The Morgan fingerprint density at radius 1 is 1.47 bits per heavy atom. The fourth-order valence-corrected chi connectivity index (χ4v) is 1.67. The molecular formula is C11H10N6O2. The lowest BCUT2D eigenvalue weighted by atomic mass is 10.4. The summed E-state index contributed by atoms with van der Waals surface area (Å²) in [6, 6.07) is 0. The van der Waals surface area contributed by atoms with Gasteiger partial charge >= 0.3 is 5.97 Å². The molecule has 0 atom stereocenters. The average molecular weight is 258 g/mol. The molecule has 0 unspecified atom stereocenters. The SMILES string of the molecule is CCOC(=O)c1cnn(-c2nccn3cnnc23)c1. The minimum atomic E-state index is -0.415. The first-order valence-corrected chi connectivity index (χ1v) is 5.66. The lowest BCUT2D eigenvalue weighted by molar-refractivity contribution is 0.0526. The maximum Gasteiger partial charge on any atom is 0.341 e. The van der Waals surface area contributed by atoms with Gasteiger partial charge in [-0.1, -0.05) is 0 Å². The summed E-state index contributed by atoms with van der Waals surface area (Å²) in [5.74, 6) is 0.0812. The third-order valence-electron chi connectivity index (χ3n) is 2.51. The lowest BCUT2D eigenvalue weighted by Crippen LogP contribution is -2.04. The number of hydrogen-bond donors (Lipinski definition) is 0. The van der Waals surface area contributed by atoms with Crippen LogP contribution in [0, 0.1) is 0 Å². The number of fused-ring (bicyclic) bond motifs is 1. The Labute approximate surface area is 107 Å². The molecule has 0 amide bonds. The van der Waals surface area contributed by atoms with Gasteiger partial charge in [-0.15, -0.1) is 10.2 Å². The first-order valence-electron chi connectivity index (χ1n) is 5.66. The number of carbonyl (C=O) groups excluding carboxylic acids is 1. The molecule has 0 aliphatic rings. The highest BCUT2D eigenvalue weighted by atomic mass is 16.5. The van der Waals surface area contributed by atoms with Crippen molar-refractivity contribution in [3.8, 4) is 5.82 Å². The summed E-state index contributed by atoms with van der Waals surface area (Å²) in [5.41, 5.74) is 0.922. The van der Waals surface area contributed by atoms with E-state index < -0.39 is 5.97 Å². The van der Waals surface area contributed by atoms with Crippen LogP contribution < -0.4 is 0 Å². The number of aromatic nitrogens is 6. The van der Waals surface area contributed by atoms with Crippen LogP contribution in [0.2, 0.25) is 0 Å². The molecule has 3 rings (SSSR count). The van der Waals surface area contributed by atoms with Gasteiger partial charge in [0.15, 0.2) is 5.82 Å². The van der Waals surface area contributed by atoms with Crippen molar-refractivity contribution >= 4 is 11.6 Å². The summed E-state index contributed by atoms with van der Waals surface area (Å²) in [5, 5.41) is 11.8. The molecule has 19 heavy (non-hydrogen) atoms. The van der Waals surface area contributed by atoms with Crippen molar-refractivity contribution in [1.29, 1.82) is 0 Å². The van der Waals surface area contributed by atoms with Gasteiger partial charge in [-0.2, -0.15) is 5.10 Å². The predicted molar refractivity (Wildman–Crippen MR) is 63.9 cm³/mol. The first kappa shape index (κ1) is 11.3. The highest BCUT2D eigenvalue weighted by molar-refractivity contribution is 5.88. The Balaban J connectivity index is 2.03. The van der Waals surface area contributed by atoms with Gasteiger partial charge in [0, 0.05) is 18.6 Å². The van der Waals surface area contributed by atoms with Crippen LogP contribution in [0.15, 0.2) is 31.1 Å². The van der Waals surface area contributed by atoms with E-state index >= 15 is 0 Å². The summed E-state index contributed by atoms with van der Waals surface area (Å²) >= 11 is 0. The van der Waals surface area contributed by atoms with Gasteiger partial charge in [-0.05, 0) is 6.92 Å². The van der Waals surface area contributed by atoms with Gasteiger partial charge in [0.25, 0.3) is 0 Å². The summed E-state index contributed by atoms with van der Waals surface area (Å²) < 4.78 is 8.09. The van der Waals surface area contributed by atoms with E-state index in [0.717, 1.165) is 0 Å². The Morgan fingerprint density at radius 2 is 2.37 bits per heavy atom. The average Bonchev–Trinajstić information content (AvgIpc) is 3.07. The fourth-order valence-electron chi connectivity index (χ4n) is 1.67. The lowest BCUT2D eigenvalue weighted by Gasteiger charge is -2.00. The Hall–Kier alpha value is -2.77. The molecule has 0 aliphatic carbocycles. The summed E-state index contributed by atoms with van der Waals surface area (Å²) in [7, 11) is 0. The van der Waals surface area contributed by atoms with E-state index in [9.17, 15) is 4.79 Å². The molecular weight excluding hydrogens is 248 g/mol. The molecule has 0 saturated heterocycles. The van der Waals surface area contributed by atoms with Crippen LogP contribution in [0.25, 0.3) is 11.5 Å². The monoisotopic (exact) mass is 258 g/mol. The minimum absolute atomic E-state index is 0.321. The van der Waals surface area contributed by atoms with Crippen LogP contribution in [0.3, 0.4) is 0 Å². The standard InChI is InChI=1S/C11H10N6O2/c1-2-19-11(18)8-5-14-17(6-8)9-10-15-13-7-16(10)4-3-12-9/h3-7H,2H2,1H3. The van der Waals surface area contributed by atoms with Crippen molar-refractivity contribution in [2.75, 3.05) is 6.61 Å². The Kier molecular flexibility index (Phi) is 2.67. The van der Waals surface area contributed by atoms with Gasteiger partial charge in [0.1, 0.15) is 6.33 Å². The number of rotatable bonds is 3. The van der Waals surface area contributed by atoms with Gasteiger partial charge in [-0.3, -0.25) is 4.40 Å². The van der Waals surface area contributed by atoms with Crippen molar-refractivity contribution in [3.63, 3.8) is 0 Å². The number of ether oxygens (including phenoxy) is 1. The quantitative estimate of drug-likeness (QED) is 0.635. The van der Waals surface area contributed by atoms with E-state index in [4.69, 9.17) is 4.74 Å². The van der Waals surface area contributed by atoms with Crippen LogP contribution >= 0.6 is 0 Å². The summed E-state index contributed by atoms with van der Waals surface area (Å²) in [6.07, 6.45) is 7.89. The van der Waals surface area contributed by atoms with E-state index in [2.05, 4.69) is 20.3 Å². The Morgan fingerprint density at radius 3 is 3.21 bits per heavy atom. The second-order valence-electron chi connectivity index (χ2n) is 3.71. The molecule has 3 aromatic heterocycles. The maximum atomic E-state index is 11.6. The molecule has 0 spiro atoms. The summed E-state index contributed by atoms with van der Waals surface area (Å²) in [4.78, 5) is 15.8. The van der Waals surface area contributed by atoms with Crippen LogP contribution in [0.5, 0.6) is 0 Å². The number of carbonyl (C=O) groups is 1. The van der Waals surface area contributed by atoms with E-state index in [0.29, 0.717) is 23.6 Å². The predicted octanol–water partition coefficient (Wildman–Crippen LogP) is 0.487. The molecule has 0 aromatic carbocycles. The molecule has 0 aliphatic heterocycles. The molecule has 0 radical (unpaired) electrons. The fraction of sp³-hybridized carbons (Fsp3) is 0.182. The second kappa shape index (κ2) is 4.48. The molecule has 0 N–H and O–H groups in total. The molecule has 0 fully saturated rings. The van der Waals surface area contributed by atoms with Gasteiger partial charge in [0.05, 0.1) is 18.4 Å². The maximum absolute atomic E-state index is 11.6. The molecule has 0 bridgehead atoms. The van der Waals surface area contributed by atoms with E-state index in [-0.39, 0.29) is 0 Å². The molecule has 3 aromatic rings. The zero-order chi connectivity index (χ0) is 13.2. The molecule has 8 heteroatoms. The van der Waals surface area contributed by atoms with Crippen LogP contribution in [0.1, 0.15) is 17.3 Å². The van der Waals surface area contributed by atoms with Crippen molar-refractivity contribution in [2.45, 2.75) is 6.92 Å². The van der Waals surface area contributed by atoms with Crippen molar-refractivity contribution in [1.82, 2.24) is 29.4 Å². The van der Waals surface area contributed by atoms with Crippen LogP contribution in [0.4, 0.5) is 0 Å².